The molecule has 5 nitrogen and oxygen atoms in total. The second-order valence-electron chi connectivity index (χ2n) is 7.53. The lowest BCUT2D eigenvalue weighted by atomic mass is 9.71. The van der Waals surface area contributed by atoms with Crippen LogP contribution in [0.15, 0.2) is 54.6 Å². The van der Waals surface area contributed by atoms with Gasteiger partial charge in [-0.15, -0.1) is 0 Å². The molecule has 1 aliphatic carbocycles. The number of nitrogens with zero attached hydrogens (tertiary/aromatic N) is 1. The number of hydrogen-bond acceptors (Lipinski definition) is 4. The third-order valence-electron chi connectivity index (χ3n) is 5.21. The zero-order valence-electron chi connectivity index (χ0n) is 17.0. The number of aliphatic hydroxyl groups is 1. The monoisotopic (exact) mass is 385 g/mol. The molecule has 2 aromatic carbocycles. The fourth-order valence-electron chi connectivity index (χ4n) is 3.76. The van der Waals surface area contributed by atoms with Gasteiger partial charge in [0.05, 0.1) is 18.3 Å². The van der Waals surface area contributed by atoms with E-state index >= 15 is 0 Å². The number of benzene rings is 2. The fourth-order valence-corrected chi connectivity index (χ4v) is 3.76. The predicted octanol–water partition coefficient (Wildman–Crippen LogP) is 4.02. The summed E-state index contributed by atoms with van der Waals surface area (Å²) in [6.07, 6.45) is 4.24. The average molecular weight is 386 g/mol. The van der Waals surface area contributed by atoms with Gasteiger partial charge in [0.25, 0.3) is 0 Å². The van der Waals surface area contributed by atoms with Gasteiger partial charge in [0.1, 0.15) is 5.75 Å². The molecule has 28 heavy (non-hydrogen) atoms. The zero-order chi connectivity index (χ0) is 20.6. The van der Waals surface area contributed by atoms with Crippen LogP contribution in [0.1, 0.15) is 41.6 Å². The summed E-state index contributed by atoms with van der Waals surface area (Å²) in [6, 6.07) is 16.2. The molecule has 0 saturated heterocycles. The molecule has 152 valence electrons. The number of aromatic carboxylic acids is 1. The number of rotatable bonds is 5. The van der Waals surface area contributed by atoms with Crippen LogP contribution in [0.25, 0.3) is 0 Å². The van der Waals surface area contributed by atoms with Crippen molar-refractivity contribution >= 4 is 5.97 Å². The van der Waals surface area contributed by atoms with Crippen LogP contribution in [0.2, 0.25) is 0 Å². The van der Waals surface area contributed by atoms with Crippen LogP contribution < -0.4 is 4.74 Å². The average Bonchev–Trinajstić information content (AvgIpc) is 2.70. The minimum Gasteiger partial charge on any atom is -0.497 e. The molecule has 2 atom stereocenters. The van der Waals surface area contributed by atoms with Crippen molar-refractivity contribution in [2.75, 3.05) is 27.7 Å². The van der Waals surface area contributed by atoms with Gasteiger partial charge in [0, 0.05) is 12.5 Å². The fraction of sp³-hybridized carbons (Fsp3) is 0.435. The lowest BCUT2D eigenvalue weighted by Crippen LogP contribution is -2.43. The number of methoxy groups -OCH3 is 1. The third kappa shape index (κ3) is 5.81. The van der Waals surface area contributed by atoms with Gasteiger partial charge in [0.15, 0.2) is 0 Å². The molecule has 0 radical (unpaired) electrons. The largest absolute Gasteiger partial charge is 0.497 e. The van der Waals surface area contributed by atoms with Crippen LogP contribution in [0.4, 0.5) is 0 Å². The molecule has 1 fully saturated rings. The minimum atomic E-state index is -0.879. The Labute approximate surface area is 167 Å². The summed E-state index contributed by atoms with van der Waals surface area (Å²) in [4.78, 5) is 12.4. The van der Waals surface area contributed by atoms with Crippen molar-refractivity contribution < 1.29 is 19.7 Å². The quantitative estimate of drug-likeness (QED) is 0.813. The molecule has 0 heterocycles. The Morgan fingerprint density at radius 3 is 2.43 bits per heavy atom. The molecule has 0 aromatic heterocycles. The summed E-state index contributed by atoms with van der Waals surface area (Å²) in [5.41, 5.74) is 0.618. The van der Waals surface area contributed by atoms with E-state index in [1.54, 1.807) is 37.4 Å². The van der Waals surface area contributed by atoms with Crippen LogP contribution in [-0.2, 0) is 5.60 Å². The van der Waals surface area contributed by atoms with Crippen molar-refractivity contribution in [3.63, 3.8) is 0 Å². The molecule has 0 aliphatic heterocycles. The van der Waals surface area contributed by atoms with Crippen molar-refractivity contribution in [2.24, 2.45) is 5.92 Å². The SMILES string of the molecule is COc1cccc(C2(O)CCCCC2CN(C)C)c1.O=C(O)c1ccccc1. The molecule has 0 bridgehead atoms. The summed E-state index contributed by atoms with van der Waals surface area (Å²) in [5.74, 6) is 0.235. The van der Waals surface area contributed by atoms with Crippen molar-refractivity contribution in [2.45, 2.75) is 31.3 Å². The molecule has 0 amide bonds. The van der Waals surface area contributed by atoms with E-state index in [0.717, 1.165) is 37.1 Å². The van der Waals surface area contributed by atoms with Gasteiger partial charge >= 0.3 is 5.97 Å². The summed E-state index contributed by atoms with van der Waals surface area (Å²) in [6.45, 7) is 0.924. The number of ether oxygens (including phenoxy) is 1. The second-order valence-corrected chi connectivity index (χ2v) is 7.53. The zero-order valence-corrected chi connectivity index (χ0v) is 17.0. The topological polar surface area (TPSA) is 70.0 Å². The highest BCUT2D eigenvalue weighted by Gasteiger charge is 2.40. The van der Waals surface area contributed by atoms with Crippen molar-refractivity contribution in [3.05, 3.63) is 65.7 Å². The number of carboxylic acid groups (broad SMARTS) is 1. The maximum absolute atomic E-state index is 11.2. The number of carbonyl (C=O) groups is 1. The van der Waals surface area contributed by atoms with Crippen molar-refractivity contribution in [3.8, 4) is 5.75 Å². The second kappa shape index (κ2) is 10.2. The number of carboxylic acids is 1. The molecule has 1 saturated carbocycles. The molecule has 2 N–H and O–H groups in total. The first-order chi connectivity index (χ1) is 13.4. The lowest BCUT2D eigenvalue weighted by Gasteiger charge is -2.41. The van der Waals surface area contributed by atoms with Gasteiger partial charge in [0.2, 0.25) is 0 Å². The molecule has 1 aliphatic rings. The van der Waals surface area contributed by atoms with Crippen molar-refractivity contribution in [1.29, 1.82) is 0 Å². The first kappa shape index (κ1) is 21.9. The van der Waals surface area contributed by atoms with Crippen LogP contribution in [0.3, 0.4) is 0 Å². The summed E-state index contributed by atoms with van der Waals surface area (Å²) >= 11 is 0. The standard InChI is InChI=1S/C16H25NO2.C7H6O2/c1-17(2)12-14-7-4-5-10-16(14,18)13-8-6-9-15(11-13)19-3;8-7(9)6-4-2-1-3-5-6/h6,8-9,11,14,18H,4-5,7,10,12H2,1-3H3;1-5H,(H,8,9). The minimum absolute atomic E-state index is 0.295. The van der Waals surface area contributed by atoms with Gasteiger partial charge in [-0.1, -0.05) is 43.2 Å². The molecule has 3 rings (SSSR count). The van der Waals surface area contributed by atoms with E-state index < -0.39 is 11.6 Å². The molecular weight excluding hydrogens is 354 g/mol. The maximum atomic E-state index is 11.2. The Hall–Kier alpha value is -2.37. The van der Waals surface area contributed by atoms with E-state index in [0.29, 0.717) is 11.5 Å². The Morgan fingerprint density at radius 1 is 1.14 bits per heavy atom. The Bertz CT molecular complexity index is 747. The lowest BCUT2D eigenvalue weighted by molar-refractivity contribution is -0.0619. The van der Waals surface area contributed by atoms with Gasteiger partial charge in [-0.05, 0) is 56.8 Å². The maximum Gasteiger partial charge on any atom is 0.335 e. The van der Waals surface area contributed by atoms with E-state index in [4.69, 9.17) is 9.84 Å². The Balaban J connectivity index is 0.000000261. The summed E-state index contributed by atoms with van der Waals surface area (Å²) in [7, 11) is 5.81. The molecule has 5 heteroatoms. The predicted molar refractivity (Wildman–Crippen MR) is 111 cm³/mol. The van der Waals surface area contributed by atoms with E-state index in [2.05, 4.69) is 19.0 Å². The van der Waals surface area contributed by atoms with Crippen LogP contribution >= 0.6 is 0 Å². The van der Waals surface area contributed by atoms with Crippen molar-refractivity contribution in [1.82, 2.24) is 4.90 Å². The van der Waals surface area contributed by atoms with Crippen LogP contribution in [-0.4, -0.2) is 48.8 Å². The van der Waals surface area contributed by atoms with Gasteiger partial charge in [-0.2, -0.15) is 0 Å². The summed E-state index contributed by atoms with van der Waals surface area (Å²) in [5, 5.41) is 19.6. The van der Waals surface area contributed by atoms with Crippen LogP contribution in [0.5, 0.6) is 5.75 Å². The normalized spacial score (nSPS) is 21.5. The van der Waals surface area contributed by atoms with E-state index in [-0.39, 0.29) is 0 Å². The molecule has 2 aromatic rings. The highest BCUT2D eigenvalue weighted by atomic mass is 16.5. The Kier molecular flexibility index (Phi) is 8.03. The van der Waals surface area contributed by atoms with E-state index in [1.165, 1.54) is 6.42 Å². The van der Waals surface area contributed by atoms with Gasteiger partial charge in [-0.3, -0.25) is 0 Å². The first-order valence-corrected chi connectivity index (χ1v) is 9.67. The summed E-state index contributed by atoms with van der Waals surface area (Å²) < 4.78 is 5.29. The van der Waals surface area contributed by atoms with Gasteiger partial charge < -0.3 is 19.8 Å². The highest BCUT2D eigenvalue weighted by molar-refractivity contribution is 5.87. The molecule has 0 spiro atoms. The smallest absolute Gasteiger partial charge is 0.335 e. The van der Waals surface area contributed by atoms with E-state index in [1.807, 2.05) is 24.3 Å². The molecule has 2 unspecified atom stereocenters. The first-order valence-electron chi connectivity index (χ1n) is 9.67. The number of hydrogen-bond donors (Lipinski definition) is 2. The van der Waals surface area contributed by atoms with Gasteiger partial charge in [-0.25, -0.2) is 4.79 Å². The Morgan fingerprint density at radius 2 is 1.86 bits per heavy atom. The van der Waals surface area contributed by atoms with E-state index in [9.17, 15) is 9.90 Å². The highest BCUT2D eigenvalue weighted by Crippen LogP contribution is 2.42. The molecular formula is C23H31NO4. The van der Waals surface area contributed by atoms with Crippen LogP contribution in [0, 0.1) is 5.92 Å². The third-order valence-corrected chi connectivity index (χ3v) is 5.21.